The van der Waals surface area contributed by atoms with Gasteiger partial charge in [0.15, 0.2) is 0 Å². The van der Waals surface area contributed by atoms with E-state index in [1.807, 2.05) is 0 Å². The van der Waals surface area contributed by atoms with Crippen LogP contribution in [-0.4, -0.2) is 24.8 Å². The molecule has 0 unspecified atom stereocenters. The maximum Gasteiger partial charge on any atom is 1.00 e. The predicted octanol–water partition coefficient (Wildman–Crippen LogP) is -2.73. The fourth-order valence-electron chi connectivity index (χ4n) is 0.577. The number of alkyl carbamates (subject to hydrolysis) is 1. The summed E-state index contributed by atoms with van der Waals surface area (Å²) in [5, 5.41) is 12.5. The third kappa shape index (κ3) is 12.2. The van der Waals surface area contributed by atoms with Crippen LogP contribution in [0.25, 0.3) is 0 Å². The molecule has 1 amide bonds. The molecular weight excluding hydrogens is 181 g/mol. The van der Waals surface area contributed by atoms with Crippen LogP contribution in [0, 0.1) is 0 Å². The van der Waals surface area contributed by atoms with E-state index in [1.165, 1.54) is 0 Å². The molecule has 0 aromatic heterocycles. The number of carbonyl (C=O) groups excluding carboxylic acids is 1. The van der Waals surface area contributed by atoms with Crippen LogP contribution in [0.4, 0.5) is 4.79 Å². The number of hydrogen-bond donors (Lipinski definition) is 1. The van der Waals surface area contributed by atoms with Crippen molar-refractivity contribution in [1.29, 1.82) is 0 Å². The van der Waals surface area contributed by atoms with E-state index in [1.54, 1.807) is 20.8 Å². The minimum Gasteiger partial charge on any atom is -0.854 e. The summed E-state index contributed by atoms with van der Waals surface area (Å²) in [4.78, 5) is 10.9. The van der Waals surface area contributed by atoms with Gasteiger partial charge in [0.05, 0.1) is 0 Å². The Labute approximate surface area is 101 Å². The van der Waals surface area contributed by atoms with Gasteiger partial charge in [-0.1, -0.05) is 6.42 Å². The first-order chi connectivity index (χ1) is 5.45. The van der Waals surface area contributed by atoms with Crippen molar-refractivity contribution in [1.82, 2.24) is 5.32 Å². The molecule has 0 aliphatic heterocycles. The Bertz CT molecular complexity index is 145. The van der Waals surface area contributed by atoms with Gasteiger partial charge in [-0.05, 0) is 20.8 Å². The molecule has 0 spiro atoms. The molecule has 1 N–H and O–H groups in total. The quantitative estimate of drug-likeness (QED) is 0.394. The van der Waals surface area contributed by atoms with Crippen LogP contribution in [0.1, 0.15) is 27.2 Å². The van der Waals surface area contributed by atoms with E-state index < -0.39 is 11.7 Å². The van der Waals surface area contributed by atoms with Gasteiger partial charge in [-0.2, -0.15) is 0 Å². The van der Waals surface area contributed by atoms with Gasteiger partial charge in [0, 0.05) is 6.54 Å². The van der Waals surface area contributed by atoms with E-state index in [0.29, 0.717) is 13.0 Å². The van der Waals surface area contributed by atoms with Crippen molar-refractivity contribution in [2.24, 2.45) is 0 Å². The molecule has 0 aliphatic rings. The van der Waals surface area contributed by atoms with Crippen molar-refractivity contribution in [3.63, 3.8) is 0 Å². The van der Waals surface area contributed by atoms with Crippen molar-refractivity contribution in [3.8, 4) is 0 Å². The molecule has 4 nitrogen and oxygen atoms in total. The number of rotatable bonds is 3. The average molecular weight is 197 g/mol. The second-order valence-corrected chi connectivity index (χ2v) is 3.49. The van der Waals surface area contributed by atoms with Crippen LogP contribution in [0.2, 0.25) is 0 Å². The molecule has 0 radical (unpaired) electrons. The molecule has 0 aromatic rings. The maximum absolute atomic E-state index is 10.9. The summed E-state index contributed by atoms with van der Waals surface area (Å²) >= 11 is 0. The summed E-state index contributed by atoms with van der Waals surface area (Å²) in [5.74, 6) is 0. The van der Waals surface area contributed by atoms with Gasteiger partial charge in [-0.15, -0.1) is 6.61 Å². The van der Waals surface area contributed by atoms with Gasteiger partial charge in [-0.3, -0.25) is 0 Å². The second kappa shape index (κ2) is 7.62. The van der Waals surface area contributed by atoms with E-state index in [-0.39, 0.29) is 36.2 Å². The summed E-state index contributed by atoms with van der Waals surface area (Å²) in [6.07, 6.45) is -0.0184. The number of nitrogens with one attached hydrogen (secondary N) is 1. The van der Waals surface area contributed by atoms with E-state index in [2.05, 4.69) is 5.32 Å². The molecule has 13 heavy (non-hydrogen) atoms. The monoisotopic (exact) mass is 197 g/mol. The maximum atomic E-state index is 10.9. The van der Waals surface area contributed by atoms with Crippen molar-refractivity contribution in [2.75, 3.05) is 13.2 Å². The van der Waals surface area contributed by atoms with Gasteiger partial charge in [0.2, 0.25) is 0 Å². The Kier molecular flexibility index (Phi) is 9.19. The molecular formula is C8H16NNaO3. The first kappa shape index (κ1) is 15.7. The Morgan fingerprint density at radius 1 is 1.46 bits per heavy atom. The van der Waals surface area contributed by atoms with Crippen LogP contribution < -0.4 is 40.0 Å². The zero-order valence-electron chi connectivity index (χ0n) is 8.85. The summed E-state index contributed by atoms with van der Waals surface area (Å²) in [6.45, 7) is 5.59. The normalized spacial score (nSPS) is 10.2. The Balaban J connectivity index is 0. The van der Waals surface area contributed by atoms with E-state index in [0.717, 1.165) is 0 Å². The molecule has 0 saturated heterocycles. The van der Waals surface area contributed by atoms with Gasteiger partial charge < -0.3 is 15.2 Å². The molecule has 0 fully saturated rings. The zero-order valence-corrected chi connectivity index (χ0v) is 10.8. The number of carbonyl (C=O) groups is 1. The molecule has 0 heterocycles. The van der Waals surface area contributed by atoms with Crippen LogP contribution in [0.3, 0.4) is 0 Å². The summed E-state index contributed by atoms with van der Waals surface area (Å²) in [7, 11) is 0. The molecule has 0 aliphatic carbocycles. The fraction of sp³-hybridized carbons (Fsp3) is 0.875. The van der Waals surface area contributed by atoms with E-state index >= 15 is 0 Å². The van der Waals surface area contributed by atoms with Crippen molar-refractivity contribution in [2.45, 2.75) is 32.8 Å². The van der Waals surface area contributed by atoms with Crippen LogP contribution in [0.5, 0.6) is 0 Å². The first-order valence-corrected chi connectivity index (χ1v) is 4.00. The molecule has 5 heteroatoms. The predicted molar refractivity (Wildman–Crippen MR) is 43.7 cm³/mol. The largest absolute Gasteiger partial charge is 1.00 e. The molecule has 0 rings (SSSR count). The van der Waals surface area contributed by atoms with Crippen LogP contribution >= 0.6 is 0 Å². The Morgan fingerprint density at radius 2 is 2.00 bits per heavy atom. The summed E-state index contributed by atoms with van der Waals surface area (Å²) in [5.41, 5.74) is -0.471. The minimum absolute atomic E-state index is 0. The number of amides is 1. The molecule has 0 atom stereocenters. The van der Waals surface area contributed by atoms with Crippen LogP contribution in [-0.2, 0) is 4.74 Å². The van der Waals surface area contributed by atoms with Crippen molar-refractivity contribution >= 4 is 6.09 Å². The number of hydrogen-bond acceptors (Lipinski definition) is 3. The summed E-state index contributed by atoms with van der Waals surface area (Å²) < 4.78 is 4.93. The van der Waals surface area contributed by atoms with Gasteiger partial charge in [0.25, 0.3) is 0 Å². The van der Waals surface area contributed by atoms with Gasteiger partial charge in [0.1, 0.15) is 5.60 Å². The SMILES string of the molecule is CC(C)(C)OC(=O)NCCC[O-].[Na+]. The first-order valence-electron chi connectivity index (χ1n) is 4.00. The molecule has 0 saturated carbocycles. The van der Waals surface area contributed by atoms with E-state index in [4.69, 9.17) is 4.74 Å². The summed E-state index contributed by atoms with van der Waals surface area (Å²) in [6, 6.07) is 0. The van der Waals surface area contributed by atoms with Crippen LogP contribution in [0.15, 0.2) is 0 Å². The topological polar surface area (TPSA) is 61.4 Å². The van der Waals surface area contributed by atoms with Crippen molar-refractivity contribution in [3.05, 3.63) is 0 Å². The van der Waals surface area contributed by atoms with E-state index in [9.17, 15) is 9.90 Å². The second-order valence-electron chi connectivity index (χ2n) is 3.49. The Hall–Kier alpha value is 0.230. The standard InChI is InChI=1S/C8H16NO3.Na/c1-8(2,3)12-7(11)9-5-4-6-10;/h4-6H2,1-3H3,(H,9,11);/q-1;+1. The smallest absolute Gasteiger partial charge is 0.854 e. The molecule has 0 bridgehead atoms. The average Bonchev–Trinajstić information content (AvgIpc) is 1.84. The third-order valence-electron chi connectivity index (χ3n) is 0.989. The Morgan fingerprint density at radius 3 is 2.38 bits per heavy atom. The third-order valence-corrected chi connectivity index (χ3v) is 0.989. The minimum atomic E-state index is -0.471. The number of ether oxygens (including phenoxy) is 1. The fourth-order valence-corrected chi connectivity index (χ4v) is 0.577. The van der Waals surface area contributed by atoms with Crippen molar-refractivity contribution < 1.29 is 44.2 Å². The molecule has 72 valence electrons. The van der Waals surface area contributed by atoms with Gasteiger partial charge >= 0.3 is 35.7 Å². The molecule has 0 aromatic carbocycles. The van der Waals surface area contributed by atoms with Gasteiger partial charge in [-0.25, -0.2) is 4.79 Å². The zero-order chi connectivity index (χ0) is 9.61.